The lowest BCUT2D eigenvalue weighted by Crippen LogP contribution is -2.53. The number of rotatable bonds is 4. The number of sulfone groups is 1. The van der Waals surface area contributed by atoms with Gasteiger partial charge in [0.2, 0.25) is 11.8 Å². The molecule has 1 unspecified atom stereocenters. The first-order valence-electron chi connectivity index (χ1n) is 8.91. The highest BCUT2D eigenvalue weighted by Crippen LogP contribution is 2.19. The number of carbonyl (C=O) groups excluding carboxylic acids is 2. The van der Waals surface area contributed by atoms with E-state index in [0.717, 1.165) is 18.8 Å². The molecule has 2 aliphatic rings. The lowest BCUT2D eigenvalue weighted by atomic mass is 10.2. The highest BCUT2D eigenvalue weighted by molar-refractivity contribution is 7.91. The van der Waals surface area contributed by atoms with Gasteiger partial charge in [0.1, 0.15) is 6.54 Å². The van der Waals surface area contributed by atoms with E-state index in [4.69, 9.17) is 0 Å². The molecule has 26 heavy (non-hydrogen) atoms. The van der Waals surface area contributed by atoms with Crippen molar-refractivity contribution >= 4 is 27.3 Å². The van der Waals surface area contributed by atoms with Crippen LogP contribution in [-0.4, -0.2) is 80.3 Å². The molecule has 2 aliphatic heterocycles. The first-order valence-corrected chi connectivity index (χ1v) is 10.7. The zero-order chi connectivity index (χ0) is 18.7. The van der Waals surface area contributed by atoms with Gasteiger partial charge in [-0.05, 0) is 18.6 Å². The maximum absolute atomic E-state index is 12.6. The van der Waals surface area contributed by atoms with E-state index in [2.05, 4.69) is 17.0 Å². The van der Waals surface area contributed by atoms with E-state index in [1.165, 1.54) is 11.8 Å². The molecule has 142 valence electrons. The molecule has 0 N–H and O–H groups in total. The van der Waals surface area contributed by atoms with Crippen molar-refractivity contribution in [3.63, 3.8) is 0 Å². The van der Waals surface area contributed by atoms with Crippen molar-refractivity contribution in [2.45, 2.75) is 19.4 Å². The zero-order valence-corrected chi connectivity index (χ0v) is 15.8. The molecule has 0 saturated carbocycles. The Morgan fingerprint density at radius 3 is 2.31 bits per heavy atom. The highest BCUT2D eigenvalue weighted by Gasteiger charge is 2.35. The molecule has 1 aromatic rings. The van der Waals surface area contributed by atoms with Crippen molar-refractivity contribution in [3.8, 4) is 0 Å². The van der Waals surface area contributed by atoms with Crippen molar-refractivity contribution in [1.82, 2.24) is 9.80 Å². The van der Waals surface area contributed by atoms with Crippen LogP contribution in [0, 0.1) is 0 Å². The van der Waals surface area contributed by atoms with Crippen LogP contribution in [0.3, 0.4) is 0 Å². The first-order chi connectivity index (χ1) is 12.4. The van der Waals surface area contributed by atoms with Gasteiger partial charge in [0.25, 0.3) is 0 Å². The van der Waals surface area contributed by atoms with Crippen LogP contribution in [0.15, 0.2) is 30.3 Å². The minimum atomic E-state index is -3.10. The highest BCUT2D eigenvalue weighted by atomic mass is 32.2. The van der Waals surface area contributed by atoms with Crippen LogP contribution in [-0.2, 0) is 19.4 Å². The number of carbonyl (C=O) groups is 2. The van der Waals surface area contributed by atoms with Crippen molar-refractivity contribution < 1.29 is 18.0 Å². The smallest absolute Gasteiger partial charge is 0.242 e. The van der Waals surface area contributed by atoms with Gasteiger partial charge in [-0.2, -0.15) is 0 Å². The minimum absolute atomic E-state index is 0.0400. The number of para-hydroxylation sites is 1. The fraction of sp³-hybridized carbons (Fsp3) is 0.556. The predicted molar refractivity (Wildman–Crippen MR) is 99.7 cm³/mol. The molecule has 2 saturated heterocycles. The average Bonchev–Trinajstić information content (AvgIpc) is 2.99. The van der Waals surface area contributed by atoms with Gasteiger partial charge in [-0.25, -0.2) is 8.42 Å². The lowest BCUT2D eigenvalue weighted by Gasteiger charge is -2.37. The summed E-state index contributed by atoms with van der Waals surface area (Å²) in [7, 11) is -3.10. The normalized spacial score (nSPS) is 22.3. The minimum Gasteiger partial charge on any atom is -0.368 e. The third kappa shape index (κ3) is 4.35. The SMILES string of the molecule is CC(=O)N(CC(=O)N1CCN(c2ccccc2)CC1)C1CCS(=O)(=O)C1. The summed E-state index contributed by atoms with van der Waals surface area (Å²) in [5.41, 5.74) is 1.14. The van der Waals surface area contributed by atoms with E-state index in [9.17, 15) is 18.0 Å². The summed E-state index contributed by atoms with van der Waals surface area (Å²) in [4.78, 5) is 30.0. The molecule has 8 heteroatoms. The van der Waals surface area contributed by atoms with E-state index in [1.54, 1.807) is 4.90 Å². The van der Waals surface area contributed by atoms with Crippen LogP contribution < -0.4 is 4.90 Å². The number of amides is 2. The number of anilines is 1. The molecule has 0 radical (unpaired) electrons. The van der Waals surface area contributed by atoms with Gasteiger partial charge in [-0.1, -0.05) is 18.2 Å². The van der Waals surface area contributed by atoms with Crippen molar-refractivity contribution in [1.29, 1.82) is 0 Å². The Morgan fingerprint density at radius 1 is 1.12 bits per heavy atom. The van der Waals surface area contributed by atoms with Crippen LogP contribution in [0.4, 0.5) is 5.69 Å². The van der Waals surface area contributed by atoms with Gasteiger partial charge < -0.3 is 14.7 Å². The summed E-state index contributed by atoms with van der Waals surface area (Å²) in [5.74, 6) is -0.312. The fourth-order valence-electron chi connectivity index (χ4n) is 3.62. The Hall–Kier alpha value is -2.09. The predicted octanol–water partition coefficient (Wildman–Crippen LogP) is 0.371. The Labute approximate surface area is 154 Å². The van der Waals surface area contributed by atoms with E-state index in [1.807, 2.05) is 18.2 Å². The number of hydrogen-bond donors (Lipinski definition) is 0. The fourth-order valence-corrected chi connectivity index (χ4v) is 5.35. The summed E-state index contributed by atoms with van der Waals surface area (Å²) in [6, 6.07) is 9.68. The quantitative estimate of drug-likeness (QED) is 0.755. The van der Waals surface area contributed by atoms with Crippen molar-refractivity contribution in [2.24, 2.45) is 0 Å². The summed E-state index contributed by atoms with van der Waals surface area (Å²) in [5, 5.41) is 0. The molecule has 7 nitrogen and oxygen atoms in total. The lowest BCUT2D eigenvalue weighted by molar-refractivity contribution is -0.141. The zero-order valence-electron chi connectivity index (χ0n) is 15.0. The Kier molecular flexibility index (Phi) is 5.50. The summed E-state index contributed by atoms with van der Waals surface area (Å²) >= 11 is 0. The molecule has 0 aliphatic carbocycles. The molecule has 2 heterocycles. The second-order valence-electron chi connectivity index (χ2n) is 6.91. The van der Waals surface area contributed by atoms with Gasteiger partial charge in [-0.3, -0.25) is 9.59 Å². The molecule has 1 aromatic carbocycles. The maximum Gasteiger partial charge on any atom is 0.242 e. The Morgan fingerprint density at radius 2 is 1.77 bits per heavy atom. The summed E-state index contributed by atoms with van der Waals surface area (Å²) < 4.78 is 23.4. The second-order valence-corrected chi connectivity index (χ2v) is 9.14. The van der Waals surface area contributed by atoms with Crippen molar-refractivity contribution in [2.75, 3.05) is 49.1 Å². The number of piperazine rings is 1. The maximum atomic E-state index is 12.6. The molecule has 2 amide bonds. The van der Waals surface area contributed by atoms with Crippen LogP contribution in [0.25, 0.3) is 0 Å². The van der Waals surface area contributed by atoms with E-state index < -0.39 is 9.84 Å². The van der Waals surface area contributed by atoms with Gasteiger partial charge in [-0.15, -0.1) is 0 Å². The first kappa shape index (κ1) is 18.7. The summed E-state index contributed by atoms with van der Waals surface area (Å²) in [6.07, 6.45) is 0.414. The standard InChI is InChI=1S/C18H25N3O4S/c1-15(22)21(17-7-12-26(24,25)14-17)13-18(23)20-10-8-19(9-11-20)16-5-3-2-4-6-16/h2-6,17H,7-14H2,1H3. The van der Waals surface area contributed by atoms with E-state index >= 15 is 0 Å². The van der Waals surface area contributed by atoms with E-state index in [-0.39, 0.29) is 35.9 Å². The second kappa shape index (κ2) is 7.65. The number of nitrogens with zero attached hydrogens (tertiary/aromatic N) is 3. The third-order valence-electron chi connectivity index (χ3n) is 5.11. The molecule has 1 atom stereocenters. The topological polar surface area (TPSA) is 78.0 Å². The van der Waals surface area contributed by atoms with Crippen LogP contribution in [0.1, 0.15) is 13.3 Å². The molecule has 0 bridgehead atoms. The van der Waals surface area contributed by atoms with Crippen LogP contribution in [0.5, 0.6) is 0 Å². The van der Waals surface area contributed by atoms with Gasteiger partial charge in [0.05, 0.1) is 11.5 Å². The molecule has 2 fully saturated rings. The Balaban J connectivity index is 1.57. The molecule has 0 spiro atoms. The van der Waals surface area contributed by atoms with Gasteiger partial charge in [0, 0.05) is 44.8 Å². The van der Waals surface area contributed by atoms with E-state index in [0.29, 0.717) is 19.5 Å². The van der Waals surface area contributed by atoms with Gasteiger partial charge >= 0.3 is 0 Å². The molecular formula is C18H25N3O4S. The largest absolute Gasteiger partial charge is 0.368 e. The molecule has 3 rings (SSSR count). The summed E-state index contributed by atoms with van der Waals surface area (Å²) in [6.45, 7) is 4.04. The van der Waals surface area contributed by atoms with Crippen LogP contribution >= 0.6 is 0 Å². The van der Waals surface area contributed by atoms with Crippen LogP contribution in [0.2, 0.25) is 0 Å². The monoisotopic (exact) mass is 379 g/mol. The Bertz CT molecular complexity index is 758. The third-order valence-corrected chi connectivity index (χ3v) is 6.86. The molecule has 0 aromatic heterocycles. The number of benzene rings is 1. The van der Waals surface area contributed by atoms with Gasteiger partial charge in [0.15, 0.2) is 9.84 Å². The average molecular weight is 379 g/mol. The van der Waals surface area contributed by atoms with Crippen molar-refractivity contribution in [3.05, 3.63) is 30.3 Å². The molecular weight excluding hydrogens is 354 g/mol. The number of hydrogen-bond acceptors (Lipinski definition) is 5.